The molecule has 1 atom stereocenters. The lowest BCUT2D eigenvalue weighted by Crippen LogP contribution is -2.58. The van der Waals surface area contributed by atoms with Crippen LogP contribution in [0.5, 0.6) is 11.5 Å². The zero-order chi connectivity index (χ0) is 55.5. The monoisotopic (exact) mass is 1060 g/mol. The Morgan fingerprint density at radius 2 is 1.30 bits per heavy atom. The molecule has 1 N–H and O–H groups in total. The van der Waals surface area contributed by atoms with E-state index in [-0.39, 0.29) is 23.0 Å². The summed E-state index contributed by atoms with van der Waals surface area (Å²) >= 11 is 0. The van der Waals surface area contributed by atoms with Crippen LogP contribution in [0.15, 0.2) is 192 Å². The van der Waals surface area contributed by atoms with Crippen LogP contribution in [-0.4, -0.2) is 37.9 Å². The van der Waals surface area contributed by atoms with Gasteiger partial charge in [0.1, 0.15) is 23.5 Å². The molecule has 14 rings (SSSR count). The summed E-state index contributed by atoms with van der Waals surface area (Å²) in [7, 11) is 0. The second-order valence-corrected chi connectivity index (χ2v) is 25.5. The van der Waals surface area contributed by atoms with Gasteiger partial charge in [0.15, 0.2) is 23.3 Å². The molecule has 2 aliphatic carbocycles. The Morgan fingerprint density at radius 1 is 0.593 bits per heavy atom. The van der Waals surface area contributed by atoms with Crippen LogP contribution >= 0.6 is 0 Å². The SMILES string of the molecule is CC(C)(C)c1ccc2c(c1)B1c3c(cc(-c4c(-c5nc(C6=CCCC=C6)nc(-c6ccccc6)n5)cccc4C4N=C(c5ccccc5)N=C(C5=CC=CCC5)N4)cc3-n3c4ccc(C(C)(C)C)cc4c4cc(C(C)(C)C)cc1c43)O2. The second kappa shape index (κ2) is 19.0. The molecule has 1 unspecified atom stereocenters. The van der Waals surface area contributed by atoms with E-state index >= 15 is 0 Å². The zero-order valence-electron chi connectivity index (χ0n) is 47.8. The van der Waals surface area contributed by atoms with Crippen LogP contribution < -0.4 is 26.4 Å². The summed E-state index contributed by atoms with van der Waals surface area (Å²) < 4.78 is 10.00. The van der Waals surface area contributed by atoms with Crippen molar-refractivity contribution in [1.82, 2.24) is 24.8 Å². The van der Waals surface area contributed by atoms with Crippen LogP contribution in [0, 0.1) is 0 Å². The third kappa shape index (κ3) is 8.80. The van der Waals surface area contributed by atoms with Crippen LogP contribution in [0.1, 0.15) is 128 Å². The van der Waals surface area contributed by atoms with Gasteiger partial charge in [0, 0.05) is 55.4 Å². The molecular weight excluding hydrogens is 990 g/mol. The van der Waals surface area contributed by atoms with Gasteiger partial charge in [-0.15, -0.1) is 0 Å². The normalized spacial score (nSPS) is 16.5. The van der Waals surface area contributed by atoms with Crippen molar-refractivity contribution < 1.29 is 4.74 Å². The Labute approximate surface area is 476 Å². The molecule has 0 radical (unpaired) electrons. The number of fused-ring (bicyclic) bond motifs is 7. The van der Waals surface area contributed by atoms with Crippen molar-refractivity contribution >= 4 is 62.2 Å². The first-order valence-electron chi connectivity index (χ1n) is 28.8. The van der Waals surface area contributed by atoms with Crippen LogP contribution in [-0.2, 0) is 16.2 Å². The Morgan fingerprint density at radius 3 is 2.02 bits per heavy atom. The maximum absolute atomic E-state index is 7.45. The van der Waals surface area contributed by atoms with E-state index in [0.717, 1.165) is 104 Å². The van der Waals surface area contributed by atoms with Gasteiger partial charge in [-0.2, -0.15) is 0 Å². The quantitative estimate of drug-likeness (QED) is 0.161. The lowest BCUT2D eigenvalue weighted by molar-refractivity contribution is 0.486. The van der Waals surface area contributed by atoms with Crippen LogP contribution in [0.2, 0.25) is 0 Å². The highest BCUT2D eigenvalue weighted by molar-refractivity contribution is 6.99. The third-order valence-corrected chi connectivity index (χ3v) is 16.9. The second-order valence-electron chi connectivity index (χ2n) is 25.5. The predicted molar refractivity (Wildman–Crippen MR) is 337 cm³/mol. The van der Waals surface area contributed by atoms with E-state index < -0.39 is 6.17 Å². The lowest BCUT2D eigenvalue weighted by atomic mass is 9.34. The van der Waals surface area contributed by atoms with Crippen molar-refractivity contribution in [2.45, 2.75) is 110 Å². The fourth-order valence-corrected chi connectivity index (χ4v) is 12.5. The summed E-state index contributed by atoms with van der Waals surface area (Å²) in [6.45, 7) is 20.8. The summed E-state index contributed by atoms with van der Waals surface area (Å²) in [5.74, 6) is 5.00. The van der Waals surface area contributed by atoms with Gasteiger partial charge in [-0.05, 0) is 123 Å². The molecule has 0 saturated carbocycles. The molecule has 81 heavy (non-hydrogen) atoms. The van der Waals surface area contributed by atoms with E-state index in [0.29, 0.717) is 23.3 Å². The van der Waals surface area contributed by atoms with E-state index in [9.17, 15) is 0 Å². The number of amidine groups is 2. The van der Waals surface area contributed by atoms with Gasteiger partial charge < -0.3 is 14.6 Å². The molecule has 8 nitrogen and oxygen atoms in total. The molecular formula is C72H66BN7O. The van der Waals surface area contributed by atoms with Crippen molar-refractivity contribution in [2.75, 3.05) is 0 Å². The number of ether oxygens (including phenoxy) is 1. The van der Waals surface area contributed by atoms with Crippen LogP contribution in [0.3, 0.4) is 0 Å². The van der Waals surface area contributed by atoms with E-state index in [1.165, 1.54) is 43.9 Å². The number of aliphatic imine (C=N–C) groups is 2. The fraction of sp³-hybridized carbons (Fsp3) is 0.236. The maximum Gasteiger partial charge on any atom is 0.256 e. The van der Waals surface area contributed by atoms with Gasteiger partial charge >= 0.3 is 0 Å². The van der Waals surface area contributed by atoms with Crippen molar-refractivity contribution in [3.8, 4) is 51.1 Å². The molecule has 3 aliphatic heterocycles. The summed E-state index contributed by atoms with van der Waals surface area (Å²) in [6, 6.07) is 50.9. The summed E-state index contributed by atoms with van der Waals surface area (Å²) in [4.78, 5) is 27.0. The number of rotatable bonds is 7. The van der Waals surface area contributed by atoms with Gasteiger partial charge in [0.25, 0.3) is 6.71 Å². The van der Waals surface area contributed by atoms with Gasteiger partial charge in [0.05, 0.1) is 5.52 Å². The van der Waals surface area contributed by atoms with E-state index in [2.05, 4.69) is 224 Å². The summed E-state index contributed by atoms with van der Waals surface area (Å²) in [5.41, 5.74) is 18.5. The number of hydrogen-bond acceptors (Lipinski definition) is 7. The highest BCUT2D eigenvalue weighted by Crippen LogP contribution is 2.46. The molecule has 5 aliphatic rings. The van der Waals surface area contributed by atoms with Crippen molar-refractivity contribution in [3.05, 3.63) is 215 Å². The largest absolute Gasteiger partial charge is 0.458 e. The molecule has 0 bridgehead atoms. The van der Waals surface area contributed by atoms with Crippen LogP contribution in [0.4, 0.5) is 0 Å². The van der Waals surface area contributed by atoms with Gasteiger partial charge in [0.2, 0.25) is 0 Å². The number of benzene rings is 7. The van der Waals surface area contributed by atoms with Gasteiger partial charge in [-0.1, -0.05) is 202 Å². The highest BCUT2D eigenvalue weighted by Gasteiger charge is 2.43. The molecule has 398 valence electrons. The molecule has 0 amide bonds. The van der Waals surface area contributed by atoms with Gasteiger partial charge in [-0.3, -0.25) is 0 Å². The predicted octanol–water partition coefficient (Wildman–Crippen LogP) is 15.3. The van der Waals surface area contributed by atoms with Gasteiger partial charge in [-0.25, -0.2) is 24.9 Å². The zero-order valence-corrected chi connectivity index (χ0v) is 47.8. The van der Waals surface area contributed by atoms with Crippen LogP contribution in [0.25, 0.3) is 67.0 Å². The molecule has 0 spiro atoms. The summed E-state index contributed by atoms with van der Waals surface area (Å²) in [6.07, 6.45) is 16.3. The lowest BCUT2D eigenvalue weighted by Gasteiger charge is -2.36. The first kappa shape index (κ1) is 50.5. The Kier molecular flexibility index (Phi) is 11.8. The first-order valence-corrected chi connectivity index (χ1v) is 28.8. The first-order chi connectivity index (χ1) is 39.0. The fourth-order valence-electron chi connectivity index (χ4n) is 12.5. The number of nitrogens with one attached hydrogen (secondary N) is 1. The average Bonchev–Trinajstić information content (AvgIpc) is 3.77. The molecule has 0 saturated heterocycles. The molecule has 7 aromatic carbocycles. The van der Waals surface area contributed by atoms with E-state index in [1.807, 2.05) is 24.3 Å². The van der Waals surface area contributed by atoms with Crippen molar-refractivity contribution in [3.63, 3.8) is 0 Å². The van der Waals surface area contributed by atoms with E-state index in [4.69, 9.17) is 29.7 Å². The maximum atomic E-state index is 7.45. The molecule has 2 aromatic heterocycles. The number of aromatic nitrogens is 4. The summed E-state index contributed by atoms with van der Waals surface area (Å²) in [5, 5.41) is 6.42. The van der Waals surface area contributed by atoms with Crippen molar-refractivity contribution in [1.29, 1.82) is 0 Å². The minimum atomic E-state index is -0.558. The highest BCUT2D eigenvalue weighted by atomic mass is 16.5. The standard InChI is InChI=1S/C72H66BN7O/c1-70(2,3)48-33-35-57-53(39-48)54-40-50(72(7,8)9)42-56-63(54)80(57)58-37-47(38-60-62(58)73(56)55-41-49(71(4,5)6)34-36-59(55)81-60)61-51(68-76-64(43-23-14-10-15-24-43)74-65(77-68)44-25-16-11-17-26-44)31-22-32-52(61)69-78-66(45-27-18-12-19-28-45)75-67(79-69)46-29-20-13-21-30-46/h10-12,14-16,18-20,22-25,27-42,68H,13,17,21,26H2,1-9H3,(H,74,76,77). The van der Waals surface area contributed by atoms with Crippen molar-refractivity contribution in [2.24, 2.45) is 9.98 Å². The third-order valence-electron chi connectivity index (χ3n) is 16.9. The molecule has 9 aromatic rings. The Balaban J connectivity index is 1.09. The number of nitrogens with zero attached hydrogens (tertiary/aromatic N) is 6. The average molecular weight is 1060 g/mol. The minimum absolute atomic E-state index is 0.0584. The molecule has 5 heterocycles. The van der Waals surface area contributed by atoms with E-state index in [1.54, 1.807) is 0 Å². The number of hydrogen-bond donors (Lipinski definition) is 1. The minimum Gasteiger partial charge on any atom is -0.458 e. The molecule has 0 fully saturated rings. The number of allylic oxidation sites excluding steroid dienone is 7. The smallest absolute Gasteiger partial charge is 0.256 e. The Hall–Kier alpha value is -8.69. The molecule has 9 heteroatoms. The Bertz CT molecular complexity index is 4290. The topological polar surface area (TPSA) is 89.6 Å².